The highest BCUT2D eigenvalue weighted by atomic mass is 31.2. The molecular formula is C32H53NO6P+. The molecule has 4 aliphatic rings. The lowest BCUT2D eigenvalue weighted by atomic mass is 9.61. The summed E-state index contributed by atoms with van der Waals surface area (Å²) in [5.41, 5.74) is 3.35. The van der Waals surface area contributed by atoms with Gasteiger partial charge < -0.3 is 24.5 Å². The molecule has 4 N–H and O–H groups in total. The van der Waals surface area contributed by atoms with Gasteiger partial charge >= 0.3 is 7.82 Å². The van der Waals surface area contributed by atoms with E-state index in [0.29, 0.717) is 53.1 Å². The summed E-state index contributed by atoms with van der Waals surface area (Å²) >= 11 is 0. The molecule has 0 bridgehead atoms. The number of rotatable bonds is 10. The number of phosphoric ester groups is 1. The van der Waals surface area contributed by atoms with Crippen LogP contribution < -0.4 is 0 Å². The molecule has 0 aromatic heterocycles. The Morgan fingerprint density at radius 1 is 1.12 bits per heavy atom. The van der Waals surface area contributed by atoms with Gasteiger partial charge in [0.1, 0.15) is 12.6 Å². The van der Waals surface area contributed by atoms with Crippen LogP contribution in [0.2, 0.25) is 0 Å². The fourth-order valence-corrected chi connectivity index (χ4v) is 8.54. The van der Waals surface area contributed by atoms with Crippen molar-refractivity contribution >= 4 is 7.82 Å². The Morgan fingerprint density at radius 3 is 2.45 bits per heavy atom. The topological polar surface area (TPSA) is 107 Å². The molecule has 0 saturated heterocycles. The summed E-state index contributed by atoms with van der Waals surface area (Å²) in [6, 6.07) is 0. The molecule has 4 aliphatic carbocycles. The van der Waals surface area contributed by atoms with Crippen LogP contribution in [0.15, 0.2) is 47.6 Å². The summed E-state index contributed by atoms with van der Waals surface area (Å²) in [5.74, 6) is 1.79. The minimum absolute atomic E-state index is 0.221. The average molecular weight is 579 g/mol. The van der Waals surface area contributed by atoms with Crippen molar-refractivity contribution in [2.24, 2.45) is 35.0 Å². The minimum Gasteiger partial charge on any atom is -0.389 e. The van der Waals surface area contributed by atoms with E-state index < -0.39 is 20.0 Å². The number of hydrogen-bond donors (Lipinski definition) is 4. The van der Waals surface area contributed by atoms with Gasteiger partial charge in [0.25, 0.3) is 0 Å². The molecule has 0 aliphatic heterocycles. The van der Waals surface area contributed by atoms with Crippen LogP contribution >= 0.6 is 7.82 Å². The van der Waals surface area contributed by atoms with Crippen LogP contribution in [0, 0.1) is 35.0 Å². The van der Waals surface area contributed by atoms with Gasteiger partial charge in [-0.1, -0.05) is 50.3 Å². The van der Waals surface area contributed by atoms with Crippen molar-refractivity contribution in [1.82, 2.24) is 0 Å². The predicted molar refractivity (Wildman–Crippen MR) is 159 cm³/mol. The first-order valence-electron chi connectivity index (χ1n) is 15.2. The molecule has 8 heteroatoms. The van der Waals surface area contributed by atoms with Crippen molar-refractivity contribution in [2.45, 2.75) is 89.9 Å². The van der Waals surface area contributed by atoms with Crippen molar-refractivity contribution in [3.8, 4) is 0 Å². The van der Waals surface area contributed by atoms with Crippen LogP contribution in [-0.2, 0) is 9.09 Å². The standard InChI is InChI=1S/C32H52NO6P/c1-21(9-16-29(34)24-11-12-24)27-14-15-28-23(8-7-17-32(27,28)3)10-13-25-18-26(19-30(35)22(25)2)31(20-33(4,5)6)39-40(36,37)38/h9-10,13,16,21,24,26-31,34-35H,2,7-8,11-12,14-15,17-20H2,1,3-6H3,(H-,36,37,38)/p+1/b16-9+,23-10+,25-13-/t21-,26+,27-,28+,29-,30-,31?,32-/m1/s1. The maximum Gasteiger partial charge on any atom is 0.470 e. The zero-order valence-electron chi connectivity index (χ0n) is 25.2. The molecule has 4 rings (SSSR count). The van der Waals surface area contributed by atoms with E-state index in [-0.39, 0.29) is 17.4 Å². The van der Waals surface area contributed by atoms with Crippen molar-refractivity contribution in [3.63, 3.8) is 0 Å². The highest BCUT2D eigenvalue weighted by Crippen LogP contribution is 2.59. The monoisotopic (exact) mass is 578 g/mol. The molecule has 226 valence electrons. The summed E-state index contributed by atoms with van der Waals surface area (Å²) in [6.07, 6.45) is 16.0. The number of phosphoric acid groups is 1. The third-order valence-corrected chi connectivity index (χ3v) is 10.8. The van der Waals surface area contributed by atoms with Gasteiger partial charge in [-0.05, 0) is 104 Å². The third-order valence-electron chi connectivity index (χ3n) is 10.2. The quantitative estimate of drug-likeness (QED) is 0.154. The van der Waals surface area contributed by atoms with Crippen LogP contribution in [0.1, 0.15) is 71.6 Å². The smallest absolute Gasteiger partial charge is 0.389 e. The number of nitrogens with zero attached hydrogens (tertiary/aromatic N) is 1. The number of quaternary nitrogens is 1. The predicted octanol–water partition coefficient (Wildman–Crippen LogP) is 5.53. The van der Waals surface area contributed by atoms with Gasteiger partial charge in [0, 0.05) is 0 Å². The molecule has 7 nitrogen and oxygen atoms in total. The Kier molecular flexibility index (Phi) is 9.79. The highest BCUT2D eigenvalue weighted by molar-refractivity contribution is 7.46. The Labute approximate surface area is 241 Å². The number of fused-ring (bicyclic) bond motifs is 1. The molecule has 0 spiro atoms. The van der Waals surface area contributed by atoms with Gasteiger partial charge in [0.15, 0.2) is 0 Å². The fraction of sp³-hybridized carbons (Fsp3) is 0.750. The Morgan fingerprint density at radius 2 is 1.82 bits per heavy atom. The Balaban J connectivity index is 1.51. The van der Waals surface area contributed by atoms with Crippen molar-refractivity contribution < 1.29 is 33.6 Å². The first kappa shape index (κ1) is 31.9. The van der Waals surface area contributed by atoms with Crippen LogP contribution in [-0.4, -0.2) is 70.5 Å². The number of aliphatic hydroxyl groups excluding tert-OH is 2. The summed E-state index contributed by atoms with van der Waals surface area (Å²) in [7, 11) is 1.23. The molecule has 4 saturated carbocycles. The summed E-state index contributed by atoms with van der Waals surface area (Å²) in [6.45, 7) is 9.38. The maximum atomic E-state index is 11.8. The van der Waals surface area contributed by atoms with E-state index in [1.54, 1.807) is 0 Å². The van der Waals surface area contributed by atoms with E-state index in [0.717, 1.165) is 31.3 Å². The van der Waals surface area contributed by atoms with Gasteiger partial charge in [-0.2, -0.15) is 0 Å². The lowest BCUT2D eigenvalue weighted by Gasteiger charge is -2.44. The van der Waals surface area contributed by atoms with Crippen LogP contribution in [0.3, 0.4) is 0 Å². The molecule has 0 aromatic rings. The van der Waals surface area contributed by atoms with Gasteiger partial charge in [-0.3, -0.25) is 4.52 Å². The van der Waals surface area contributed by atoms with E-state index in [9.17, 15) is 24.6 Å². The number of aliphatic hydroxyl groups is 2. The Hall–Kier alpha value is -1.05. The number of hydrogen-bond acceptors (Lipinski definition) is 4. The van der Waals surface area contributed by atoms with E-state index in [2.05, 4.69) is 38.7 Å². The first-order chi connectivity index (χ1) is 18.6. The van der Waals surface area contributed by atoms with Crippen molar-refractivity contribution in [2.75, 3.05) is 27.7 Å². The zero-order chi connectivity index (χ0) is 29.5. The van der Waals surface area contributed by atoms with E-state index in [1.807, 2.05) is 27.2 Å². The summed E-state index contributed by atoms with van der Waals surface area (Å²) < 4.78 is 17.6. The van der Waals surface area contributed by atoms with Gasteiger partial charge in [0.05, 0.1) is 33.4 Å². The fourth-order valence-electron chi connectivity index (χ4n) is 7.95. The molecule has 0 aromatic carbocycles. The van der Waals surface area contributed by atoms with Gasteiger partial charge in [-0.25, -0.2) is 4.57 Å². The van der Waals surface area contributed by atoms with Crippen LogP contribution in [0.25, 0.3) is 0 Å². The van der Waals surface area contributed by atoms with Crippen LogP contribution in [0.4, 0.5) is 0 Å². The van der Waals surface area contributed by atoms with Gasteiger partial charge in [-0.15, -0.1) is 0 Å². The van der Waals surface area contributed by atoms with E-state index in [1.165, 1.54) is 24.8 Å². The molecule has 1 unspecified atom stereocenters. The molecule has 0 amide bonds. The lowest BCUT2D eigenvalue weighted by molar-refractivity contribution is -0.873. The zero-order valence-corrected chi connectivity index (χ0v) is 26.1. The average Bonchev–Trinajstić information content (AvgIpc) is 3.62. The highest BCUT2D eigenvalue weighted by Gasteiger charge is 2.50. The largest absolute Gasteiger partial charge is 0.470 e. The van der Waals surface area contributed by atoms with E-state index >= 15 is 0 Å². The van der Waals surface area contributed by atoms with Gasteiger partial charge in [0.2, 0.25) is 0 Å². The first-order valence-corrected chi connectivity index (χ1v) is 16.8. The third kappa shape index (κ3) is 7.86. The van der Waals surface area contributed by atoms with Crippen LogP contribution in [0.5, 0.6) is 0 Å². The molecule has 0 radical (unpaired) electrons. The lowest BCUT2D eigenvalue weighted by Crippen LogP contribution is -2.46. The van der Waals surface area contributed by atoms with Crippen molar-refractivity contribution in [1.29, 1.82) is 0 Å². The summed E-state index contributed by atoms with van der Waals surface area (Å²) in [5, 5.41) is 21.2. The minimum atomic E-state index is -4.68. The second-order valence-electron chi connectivity index (χ2n) is 14.4. The normalized spacial score (nSPS) is 36.3. The second-order valence-corrected chi connectivity index (χ2v) is 15.6. The SMILES string of the molecule is C=C1/C(=C\C=C2/CCC[C@]3(C)[C@@H]([C@H](C)/C=C/[C@@H](O)C4CC4)CC[C@@H]23)C[C@H](C(C[N+](C)(C)C)OP(=O)(O)O)C[C@H]1O. The number of likely N-dealkylation sites (N-methyl/N-ethyl adjacent to an activating group) is 1. The Bertz CT molecular complexity index is 1070. The summed E-state index contributed by atoms with van der Waals surface area (Å²) in [4.78, 5) is 19.2. The van der Waals surface area contributed by atoms with E-state index in [4.69, 9.17) is 4.52 Å². The maximum absolute atomic E-state index is 11.8. The molecule has 4 fully saturated rings. The molecule has 0 heterocycles. The molecular weight excluding hydrogens is 525 g/mol. The molecule has 8 atom stereocenters. The molecule has 40 heavy (non-hydrogen) atoms. The van der Waals surface area contributed by atoms with Crippen molar-refractivity contribution in [3.05, 3.63) is 47.6 Å². The number of allylic oxidation sites excluding steroid dienone is 4. The second kappa shape index (κ2) is 12.3.